The van der Waals surface area contributed by atoms with Crippen LogP contribution in [-0.4, -0.2) is 14.8 Å². The lowest BCUT2D eigenvalue weighted by Gasteiger charge is -2.08. The number of hydrogen-bond donors (Lipinski definition) is 1. The number of nitrogen functional groups attached to an aromatic ring is 1. The summed E-state index contributed by atoms with van der Waals surface area (Å²) in [6.45, 7) is 2.47. The molecule has 0 saturated carbocycles. The van der Waals surface area contributed by atoms with Gasteiger partial charge in [0.15, 0.2) is 11.6 Å². The molecule has 18 heavy (non-hydrogen) atoms. The molecule has 6 heteroatoms. The molecular weight excluding hydrogens is 296 g/mol. The first-order chi connectivity index (χ1) is 8.63. The highest BCUT2D eigenvalue weighted by Crippen LogP contribution is 2.24. The molecule has 0 fully saturated rings. The van der Waals surface area contributed by atoms with Crippen molar-refractivity contribution in [1.82, 2.24) is 14.8 Å². The fourth-order valence-electron chi connectivity index (χ4n) is 1.65. The van der Waals surface area contributed by atoms with Crippen LogP contribution in [0.15, 0.2) is 22.8 Å². The lowest BCUT2D eigenvalue weighted by Crippen LogP contribution is -2.05. The number of aryl methyl sites for hydroxylation is 2. The molecule has 0 aromatic carbocycles. The van der Waals surface area contributed by atoms with Crippen molar-refractivity contribution in [2.24, 2.45) is 7.05 Å². The summed E-state index contributed by atoms with van der Waals surface area (Å²) in [5, 5.41) is 4.41. The summed E-state index contributed by atoms with van der Waals surface area (Å²) < 4.78 is 8.47. The van der Waals surface area contributed by atoms with Crippen LogP contribution in [0, 0.1) is 0 Å². The Bertz CT molecular complexity index is 553. The van der Waals surface area contributed by atoms with Gasteiger partial charge in [0.1, 0.15) is 6.61 Å². The first-order valence-corrected chi connectivity index (χ1v) is 6.46. The van der Waals surface area contributed by atoms with Gasteiger partial charge < -0.3 is 10.5 Å². The minimum atomic E-state index is 0.395. The predicted molar refractivity (Wildman–Crippen MR) is 73.3 cm³/mol. The van der Waals surface area contributed by atoms with Crippen molar-refractivity contribution in [1.29, 1.82) is 0 Å². The van der Waals surface area contributed by atoms with Gasteiger partial charge in [0.05, 0.1) is 15.9 Å². The summed E-state index contributed by atoms with van der Waals surface area (Å²) in [7, 11) is 1.90. The van der Waals surface area contributed by atoms with E-state index in [2.05, 4.69) is 32.9 Å². The first-order valence-electron chi connectivity index (χ1n) is 5.67. The van der Waals surface area contributed by atoms with E-state index in [4.69, 9.17) is 10.5 Å². The molecule has 0 aliphatic rings. The molecule has 5 nitrogen and oxygen atoms in total. The van der Waals surface area contributed by atoms with E-state index < -0.39 is 0 Å². The Balaban J connectivity index is 2.16. The van der Waals surface area contributed by atoms with Crippen LogP contribution in [-0.2, 0) is 20.1 Å². The number of nitrogens with two attached hydrogens (primary N) is 1. The van der Waals surface area contributed by atoms with Crippen LogP contribution in [0.2, 0.25) is 0 Å². The molecule has 0 amide bonds. The maximum absolute atomic E-state index is 5.72. The number of rotatable bonds is 4. The van der Waals surface area contributed by atoms with Crippen molar-refractivity contribution in [3.63, 3.8) is 0 Å². The average molecular weight is 311 g/mol. The smallest absolute Gasteiger partial charge is 0.166 e. The highest BCUT2D eigenvalue weighted by Gasteiger charge is 2.13. The standard InChI is InChI=1S/C12H15BrN4O/c1-3-8-11(13)9(17(2)16-8)7-18-10-5-4-6-15-12(10)14/h4-6H,3,7H2,1-2H3,(H2,14,15). The van der Waals surface area contributed by atoms with Crippen LogP contribution in [0.5, 0.6) is 5.75 Å². The van der Waals surface area contributed by atoms with E-state index in [9.17, 15) is 0 Å². The summed E-state index contributed by atoms with van der Waals surface area (Å²) in [5.74, 6) is 0.982. The Morgan fingerprint density at radius 1 is 1.50 bits per heavy atom. The van der Waals surface area contributed by atoms with Crippen LogP contribution in [0.3, 0.4) is 0 Å². The zero-order chi connectivity index (χ0) is 13.1. The summed E-state index contributed by atoms with van der Waals surface area (Å²) in [6.07, 6.45) is 2.51. The summed E-state index contributed by atoms with van der Waals surface area (Å²) in [6, 6.07) is 3.59. The molecule has 0 saturated heterocycles. The van der Waals surface area contributed by atoms with Crippen LogP contribution < -0.4 is 10.5 Å². The first kappa shape index (κ1) is 12.9. The van der Waals surface area contributed by atoms with E-state index in [0.717, 1.165) is 22.3 Å². The molecular formula is C12H15BrN4O. The third-order valence-corrected chi connectivity index (χ3v) is 3.58. The SMILES string of the molecule is CCc1nn(C)c(COc2cccnc2N)c1Br. The molecule has 2 aromatic rings. The number of pyridine rings is 1. The second-order valence-electron chi connectivity index (χ2n) is 3.86. The maximum Gasteiger partial charge on any atom is 0.166 e. The Labute approximate surface area is 114 Å². The molecule has 0 aliphatic heterocycles. The fourth-order valence-corrected chi connectivity index (χ4v) is 2.38. The van der Waals surface area contributed by atoms with E-state index in [1.165, 1.54) is 0 Å². The van der Waals surface area contributed by atoms with Gasteiger partial charge in [0, 0.05) is 13.2 Å². The summed E-state index contributed by atoms with van der Waals surface area (Å²) in [4.78, 5) is 3.98. The normalized spacial score (nSPS) is 10.6. The van der Waals surface area contributed by atoms with Gasteiger partial charge in [-0.05, 0) is 34.5 Å². The van der Waals surface area contributed by atoms with Crippen molar-refractivity contribution in [3.05, 3.63) is 34.2 Å². The molecule has 0 bridgehead atoms. The Kier molecular flexibility index (Phi) is 3.86. The van der Waals surface area contributed by atoms with Gasteiger partial charge in [0.25, 0.3) is 0 Å². The van der Waals surface area contributed by atoms with E-state index in [1.807, 2.05) is 11.7 Å². The zero-order valence-electron chi connectivity index (χ0n) is 10.4. The van der Waals surface area contributed by atoms with Crippen LogP contribution in [0.1, 0.15) is 18.3 Å². The van der Waals surface area contributed by atoms with E-state index >= 15 is 0 Å². The molecule has 2 aromatic heterocycles. The molecule has 0 aliphatic carbocycles. The number of hydrogen-bond acceptors (Lipinski definition) is 4. The highest BCUT2D eigenvalue weighted by atomic mass is 79.9. The van der Waals surface area contributed by atoms with Crippen molar-refractivity contribution < 1.29 is 4.74 Å². The Morgan fingerprint density at radius 3 is 2.89 bits per heavy atom. The Hall–Kier alpha value is -1.56. The van der Waals surface area contributed by atoms with Gasteiger partial charge in [-0.15, -0.1) is 0 Å². The number of anilines is 1. The van der Waals surface area contributed by atoms with Gasteiger partial charge in [-0.2, -0.15) is 5.10 Å². The average Bonchev–Trinajstić information content (AvgIpc) is 2.64. The third-order valence-electron chi connectivity index (χ3n) is 2.67. The van der Waals surface area contributed by atoms with Gasteiger partial charge in [-0.3, -0.25) is 4.68 Å². The molecule has 2 rings (SSSR count). The van der Waals surface area contributed by atoms with Crippen LogP contribution in [0.4, 0.5) is 5.82 Å². The van der Waals surface area contributed by atoms with Crippen LogP contribution >= 0.6 is 15.9 Å². The van der Waals surface area contributed by atoms with Gasteiger partial charge >= 0.3 is 0 Å². The van der Waals surface area contributed by atoms with Crippen molar-refractivity contribution in [2.45, 2.75) is 20.0 Å². The van der Waals surface area contributed by atoms with Gasteiger partial charge in [-0.1, -0.05) is 6.92 Å². The van der Waals surface area contributed by atoms with E-state index in [-0.39, 0.29) is 0 Å². The van der Waals surface area contributed by atoms with Crippen molar-refractivity contribution >= 4 is 21.7 Å². The van der Waals surface area contributed by atoms with E-state index in [0.29, 0.717) is 18.2 Å². The highest BCUT2D eigenvalue weighted by molar-refractivity contribution is 9.10. The topological polar surface area (TPSA) is 66.0 Å². The Morgan fingerprint density at radius 2 is 2.28 bits per heavy atom. The lowest BCUT2D eigenvalue weighted by molar-refractivity contribution is 0.295. The van der Waals surface area contributed by atoms with Gasteiger partial charge in [-0.25, -0.2) is 4.98 Å². The predicted octanol–water partition coefficient (Wildman–Crippen LogP) is 2.30. The summed E-state index contributed by atoms with van der Waals surface area (Å²) >= 11 is 3.54. The quantitative estimate of drug-likeness (QED) is 0.941. The maximum atomic E-state index is 5.72. The minimum Gasteiger partial charge on any atom is -0.483 e. The number of aromatic nitrogens is 3. The van der Waals surface area contributed by atoms with Crippen molar-refractivity contribution in [3.8, 4) is 5.75 Å². The second-order valence-corrected chi connectivity index (χ2v) is 4.65. The summed E-state index contributed by atoms with van der Waals surface area (Å²) in [5.41, 5.74) is 7.73. The molecule has 2 heterocycles. The third kappa shape index (κ3) is 2.48. The van der Waals surface area contributed by atoms with Crippen molar-refractivity contribution in [2.75, 3.05) is 5.73 Å². The monoisotopic (exact) mass is 310 g/mol. The number of ether oxygens (including phenoxy) is 1. The molecule has 96 valence electrons. The minimum absolute atomic E-state index is 0.395. The molecule has 0 atom stereocenters. The largest absolute Gasteiger partial charge is 0.483 e. The van der Waals surface area contributed by atoms with Crippen LogP contribution in [0.25, 0.3) is 0 Å². The molecule has 0 unspecified atom stereocenters. The number of halogens is 1. The van der Waals surface area contributed by atoms with Gasteiger partial charge in [0.2, 0.25) is 0 Å². The molecule has 0 radical (unpaired) electrons. The molecule has 2 N–H and O–H groups in total. The lowest BCUT2D eigenvalue weighted by atomic mass is 10.3. The molecule has 0 spiro atoms. The van der Waals surface area contributed by atoms with E-state index in [1.54, 1.807) is 18.3 Å². The fraction of sp³-hybridized carbons (Fsp3) is 0.333. The second kappa shape index (κ2) is 5.39. The number of nitrogens with zero attached hydrogens (tertiary/aromatic N) is 3. The zero-order valence-corrected chi connectivity index (χ0v) is 11.9.